The van der Waals surface area contributed by atoms with Crippen LogP contribution in [-0.4, -0.2) is 22.1 Å². The lowest BCUT2D eigenvalue weighted by atomic mass is 10.1. The molecule has 0 aliphatic heterocycles. The summed E-state index contributed by atoms with van der Waals surface area (Å²) in [6, 6.07) is 1.99. The Morgan fingerprint density at radius 2 is 1.88 bits per heavy atom. The summed E-state index contributed by atoms with van der Waals surface area (Å²) in [5, 5.41) is 6.68. The highest BCUT2D eigenvalue weighted by Crippen LogP contribution is 2.39. The van der Waals surface area contributed by atoms with Crippen molar-refractivity contribution in [1.82, 2.24) is 9.97 Å². The van der Waals surface area contributed by atoms with Crippen LogP contribution >= 0.6 is 0 Å². The predicted octanol–water partition coefficient (Wildman–Crippen LogP) is 3.00. The van der Waals surface area contributed by atoms with Crippen LogP contribution in [0.2, 0.25) is 0 Å². The van der Waals surface area contributed by atoms with E-state index in [1.165, 1.54) is 12.8 Å². The first-order chi connectivity index (χ1) is 7.98. The Kier molecular flexibility index (Phi) is 3.22. The Labute approximate surface area is 103 Å². The van der Waals surface area contributed by atoms with Gasteiger partial charge in [0.2, 0.25) is 0 Å². The first-order valence-corrected chi connectivity index (χ1v) is 6.39. The third kappa shape index (κ3) is 3.58. The number of aromatic nitrogens is 2. The van der Waals surface area contributed by atoms with Gasteiger partial charge in [-0.05, 0) is 40.5 Å². The van der Waals surface area contributed by atoms with Crippen molar-refractivity contribution in [3.63, 3.8) is 0 Å². The summed E-state index contributed by atoms with van der Waals surface area (Å²) >= 11 is 0. The van der Waals surface area contributed by atoms with Crippen molar-refractivity contribution in [2.24, 2.45) is 0 Å². The van der Waals surface area contributed by atoms with Crippen LogP contribution in [0.3, 0.4) is 0 Å². The Balaban J connectivity index is 2.23. The number of nitrogens with one attached hydrogen (secondary N) is 2. The predicted molar refractivity (Wildman–Crippen MR) is 71.5 cm³/mol. The molecule has 0 saturated heterocycles. The SMILES string of the molecule is CCNc1cc(NC(C)(C)C)nc(C2CC2)n1. The summed E-state index contributed by atoms with van der Waals surface area (Å²) in [6.07, 6.45) is 2.45. The van der Waals surface area contributed by atoms with Gasteiger partial charge in [0, 0.05) is 24.1 Å². The quantitative estimate of drug-likeness (QED) is 0.841. The number of hydrogen-bond donors (Lipinski definition) is 2. The minimum Gasteiger partial charge on any atom is -0.370 e. The van der Waals surface area contributed by atoms with Crippen LogP contribution in [0.15, 0.2) is 6.07 Å². The normalized spacial score (nSPS) is 15.8. The molecule has 1 aromatic heterocycles. The first kappa shape index (κ1) is 12.1. The highest BCUT2D eigenvalue weighted by Gasteiger charge is 2.27. The molecular formula is C13H22N4. The van der Waals surface area contributed by atoms with Crippen molar-refractivity contribution >= 4 is 11.6 Å². The highest BCUT2D eigenvalue weighted by molar-refractivity contribution is 5.49. The fourth-order valence-corrected chi connectivity index (χ4v) is 1.71. The van der Waals surface area contributed by atoms with Gasteiger partial charge in [0.1, 0.15) is 17.5 Å². The van der Waals surface area contributed by atoms with Gasteiger partial charge in [-0.1, -0.05) is 0 Å². The molecule has 0 atom stereocenters. The van der Waals surface area contributed by atoms with Gasteiger partial charge in [0.05, 0.1) is 0 Å². The smallest absolute Gasteiger partial charge is 0.136 e. The molecule has 0 amide bonds. The second kappa shape index (κ2) is 4.51. The molecule has 2 rings (SSSR count). The van der Waals surface area contributed by atoms with E-state index in [4.69, 9.17) is 0 Å². The van der Waals surface area contributed by atoms with E-state index in [-0.39, 0.29) is 5.54 Å². The molecule has 1 saturated carbocycles. The minimum atomic E-state index is 0.0264. The molecule has 1 aliphatic carbocycles. The van der Waals surface area contributed by atoms with Crippen LogP contribution in [0.1, 0.15) is 52.3 Å². The van der Waals surface area contributed by atoms with E-state index in [1.54, 1.807) is 0 Å². The van der Waals surface area contributed by atoms with Crippen molar-refractivity contribution in [2.45, 2.75) is 52.0 Å². The van der Waals surface area contributed by atoms with Crippen LogP contribution in [0.4, 0.5) is 11.6 Å². The third-order valence-electron chi connectivity index (χ3n) is 2.55. The lowest BCUT2D eigenvalue weighted by Crippen LogP contribution is -2.27. The number of hydrogen-bond acceptors (Lipinski definition) is 4. The third-order valence-corrected chi connectivity index (χ3v) is 2.55. The van der Waals surface area contributed by atoms with Gasteiger partial charge in [0.15, 0.2) is 0 Å². The number of anilines is 2. The van der Waals surface area contributed by atoms with E-state index in [0.29, 0.717) is 5.92 Å². The molecule has 4 heteroatoms. The Morgan fingerprint density at radius 3 is 2.41 bits per heavy atom. The molecule has 4 nitrogen and oxygen atoms in total. The minimum absolute atomic E-state index is 0.0264. The van der Waals surface area contributed by atoms with E-state index in [1.807, 2.05) is 6.07 Å². The van der Waals surface area contributed by atoms with Gasteiger partial charge in [-0.2, -0.15) is 0 Å². The topological polar surface area (TPSA) is 49.8 Å². The van der Waals surface area contributed by atoms with Crippen molar-refractivity contribution in [3.05, 3.63) is 11.9 Å². The molecule has 94 valence electrons. The summed E-state index contributed by atoms with van der Waals surface area (Å²) < 4.78 is 0. The lowest BCUT2D eigenvalue weighted by Gasteiger charge is -2.22. The molecule has 1 fully saturated rings. The van der Waals surface area contributed by atoms with Crippen LogP contribution in [-0.2, 0) is 0 Å². The molecule has 2 N–H and O–H groups in total. The Morgan fingerprint density at radius 1 is 1.24 bits per heavy atom. The van der Waals surface area contributed by atoms with Crippen LogP contribution in [0.25, 0.3) is 0 Å². The van der Waals surface area contributed by atoms with E-state index >= 15 is 0 Å². The molecular weight excluding hydrogens is 212 g/mol. The fraction of sp³-hybridized carbons (Fsp3) is 0.692. The Bertz CT molecular complexity index is 391. The van der Waals surface area contributed by atoms with Crippen molar-refractivity contribution in [1.29, 1.82) is 0 Å². The zero-order valence-electron chi connectivity index (χ0n) is 11.2. The van der Waals surface area contributed by atoms with Crippen molar-refractivity contribution < 1.29 is 0 Å². The first-order valence-electron chi connectivity index (χ1n) is 6.39. The van der Waals surface area contributed by atoms with E-state index in [9.17, 15) is 0 Å². The summed E-state index contributed by atoms with van der Waals surface area (Å²) in [4.78, 5) is 9.15. The van der Waals surface area contributed by atoms with Gasteiger partial charge < -0.3 is 10.6 Å². The van der Waals surface area contributed by atoms with E-state index < -0.39 is 0 Å². The maximum Gasteiger partial charge on any atom is 0.136 e. The fourth-order valence-electron chi connectivity index (χ4n) is 1.71. The van der Waals surface area contributed by atoms with Gasteiger partial charge in [-0.15, -0.1) is 0 Å². The second-order valence-electron chi connectivity index (χ2n) is 5.68. The van der Waals surface area contributed by atoms with Crippen molar-refractivity contribution in [2.75, 3.05) is 17.2 Å². The zero-order valence-corrected chi connectivity index (χ0v) is 11.2. The average Bonchev–Trinajstić information content (AvgIpc) is 2.97. The molecule has 0 unspecified atom stereocenters. The van der Waals surface area contributed by atoms with Crippen LogP contribution < -0.4 is 10.6 Å². The molecule has 1 aliphatic rings. The molecule has 1 heterocycles. The van der Waals surface area contributed by atoms with E-state index in [0.717, 1.165) is 24.0 Å². The van der Waals surface area contributed by atoms with Gasteiger partial charge in [0.25, 0.3) is 0 Å². The lowest BCUT2D eigenvalue weighted by molar-refractivity contribution is 0.629. The second-order valence-corrected chi connectivity index (χ2v) is 5.68. The molecule has 17 heavy (non-hydrogen) atoms. The molecule has 0 aromatic carbocycles. The highest BCUT2D eigenvalue weighted by atomic mass is 15.1. The standard InChI is InChI=1S/C13H22N4/c1-5-14-10-8-11(17-13(2,3)4)16-12(15-10)9-6-7-9/h8-9H,5-7H2,1-4H3,(H2,14,15,16,17). The van der Waals surface area contributed by atoms with Crippen LogP contribution in [0.5, 0.6) is 0 Å². The van der Waals surface area contributed by atoms with E-state index in [2.05, 4.69) is 48.3 Å². The summed E-state index contributed by atoms with van der Waals surface area (Å²) in [5.41, 5.74) is 0.0264. The molecule has 0 spiro atoms. The number of rotatable bonds is 4. The number of nitrogens with zero attached hydrogens (tertiary/aromatic N) is 2. The monoisotopic (exact) mass is 234 g/mol. The molecule has 0 radical (unpaired) electrons. The van der Waals surface area contributed by atoms with Gasteiger partial charge >= 0.3 is 0 Å². The largest absolute Gasteiger partial charge is 0.370 e. The summed E-state index contributed by atoms with van der Waals surface area (Å²) in [6.45, 7) is 9.38. The van der Waals surface area contributed by atoms with Gasteiger partial charge in [-0.3, -0.25) is 0 Å². The molecule has 0 bridgehead atoms. The molecule has 1 aromatic rings. The maximum atomic E-state index is 4.60. The van der Waals surface area contributed by atoms with Crippen molar-refractivity contribution in [3.8, 4) is 0 Å². The maximum absolute atomic E-state index is 4.60. The summed E-state index contributed by atoms with van der Waals surface area (Å²) in [5.74, 6) is 3.41. The average molecular weight is 234 g/mol. The summed E-state index contributed by atoms with van der Waals surface area (Å²) in [7, 11) is 0. The zero-order chi connectivity index (χ0) is 12.5. The van der Waals surface area contributed by atoms with Crippen LogP contribution in [0, 0.1) is 0 Å². The Hall–Kier alpha value is -1.32. The van der Waals surface area contributed by atoms with Gasteiger partial charge in [-0.25, -0.2) is 9.97 Å².